The molecule has 1 aliphatic heterocycles. The van der Waals surface area contributed by atoms with E-state index in [1.807, 2.05) is 13.8 Å². The third kappa shape index (κ3) is 3.45. The zero-order valence-electron chi connectivity index (χ0n) is 12.7. The van der Waals surface area contributed by atoms with Crippen LogP contribution in [0.2, 0.25) is 0 Å². The van der Waals surface area contributed by atoms with Crippen LogP contribution in [0.5, 0.6) is 0 Å². The zero-order valence-corrected chi connectivity index (χ0v) is 14.3. The molecule has 1 aliphatic rings. The summed E-state index contributed by atoms with van der Waals surface area (Å²) in [5.41, 5.74) is -0.636. The van der Waals surface area contributed by atoms with Crippen LogP contribution in [0, 0.1) is 23.3 Å². The van der Waals surface area contributed by atoms with Crippen LogP contribution in [0.25, 0.3) is 0 Å². The molecule has 0 spiro atoms. The number of benzene rings is 1. The maximum Gasteiger partial charge on any atom is 0.283 e. The summed E-state index contributed by atoms with van der Waals surface area (Å²) in [6, 6.07) is 0. The summed E-state index contributed by atoms with van der Waals surface area (Å²) < 4.78 is 57.5. The Kier molecular flexibility index (Phi) is 5.48. The lowest BCUT2D eigenvalue weighted by atomic mass is 10.2. The van der Waals surface area contributed by atoms with Gasteiger partial charge >= 0.3 is 0 Å². The molecule has 22 heavy (non-hydrogen) atoms. The molecule has 1 aromatic carbocycles. The Bertz CT molecular complexity index is 585. The Morgan fingerprint density at radius 1 is 1.05 bits per heavy atom. The minimum atomic E-state index is -1.33. The van der Waals surface area contributed by atoms with Crippen LogP contribution in [0.1, 0.15) is 26.7 Å². The fourth-order valence-corrected chi connectivity index (χ4v) is 4.02. The molecule has 2 rings (SSSR count). The molecule has 0 aromatic heterocycles. The number of halogens is 4. The SMILES string of the molecule is CSc1c(F)c(F)c([N+]2=CC(C)(C)SCCCC2)c(F)c1F. The second-order valence-corrected chi connectivity index (χ2v) is 8.18. The highest BCUT2D eigenvalue weighted by molar-refractivity contribution is 8.01. The van der Waals surface area contributed by atoms with Crippen LogP contribution < -0.4 is 0 Å². The second kappa shape index (κ2) is 6.83. The largest absolute Gasteiger partial charge is 0.283 e. The lowest BCUT2D eigenvalue weighted by Gasteiger charge is -2.20. The van der Waals surface area contributed by atoms with Gasteiger partial charge in [-0.05, 0) is 32.3 Å². The maximum atomic E-state index is 14.3. The van der Waals surface area contributed by atoms with Crippen LogP contribution in [-0.4, -0.2) is 34.1 Å². The first-order valence-corrected chi connectivity index (χ1v) is 9.16. The lowest BCUT2D eigenvalue weighted by molar-refractivity contribution is -0.443. The molecule has 122 valence electrons. The first-order chi connectivity index (χ1) is 10.3. The Labute approximate surface area is 136 Å². The van der Waals surface area contributed by atoms with E-state index in [0.717, 1.165) is 12.2 Å². The molecule has 0 atom stereocenters. The maximum absolute atomic E-state index is 14.3. The van der Waals surface area contributed by atoms with Gasteiger partial charge in [0, 0.05) is 6.42 Å². The number of hydrogen-bond donors (Lipinski definition) is 0. The second-order valence-electron chi connectivity index (χ2n) is 5.62. The summed E-state index contributed by atoms with van der Waals surface area (Å²) in [5.74, 6) is -4.39. The standard InChI is InChI=1S/C15H18F4NS2/c1-15(2)8-20(6-4-5-7-22-15)13-9(16)11(18)14(21-3)12(19)10(13)17/h8H,4-7H2,1-3H3/q+1. The quantitative estimate of drug-likeness (QED) is 0.319. The summed E-state index contributed by atoms with van der Waals surface area (Å²) in [5, 5.41) is 0. The van der Waals surface area contributed by atoms with Crippen molar-refractivity contribution < 1.29 is 22.1 Å². The van der Waals surface area contributed by atoms with Crippen molar-refractivity contribution in [3.8, 4) is 0 Å². The molecule has 0 saturated heterocycles. The summed E-state index contributed by atoms with van der Waals surface area (Å²) in [6.45, 7) is 4.15. The number of thioether (sulfide) groups is 2. The van der Waals surface area contributed by atoms with Gasteiger partial charge in [0.25, 0.3) is 5.69 Å². The summed E-state index contributed by atoms with van der Waals surface area (Å²) in [6.07, 6.45) is 4.61. The molecule has 0 N–H and O–H groups in total. The van der Waals surface area contributed by atoms with Gasteiger partial charge in [0.15, 0.2) is 17.8 Å². The Balaban J connectivity index is 2.65. The van der Waals surface area contributed by atoms with E-state index >= 15 is 0 Å². The molecule has 1 aromatic rings. The van der Waals surface area contributed by atoms with Crippen LogP contribution >= 0.6 is 23.5 Å². The van der Waals surface area contributed by atoms with E-state index in [9.17, 15) is 17.6 Å². The van der Waals surface area contributed by atoms with Gasteiger partial charge in [-0.3, -0.25) is 0 Å². The first kappa shape index (κ1) is 17.7. The molecule has 0 aliphatic carbocycles. The third-order valence-corrected chi connectivity index (χ3v) is 5.53. The Morgan fingerprint density at radius 2 is 1.64 bits per heavy atom. The zero-order chi connectivity index (χ0) is 16.5. The highest BCUT2D eigenvalue weighted by atomic mass is 32.2. The first-order valence-electron chi connectivity index (χ1n) is 6.95. The van der Waals surface area contributed by atoms with Gasteiger partial charge in [-0.2, -0.15) is 13.4 Å². The molecular formula is C15H18F4NS2+. The molecule has 0 fully saturated rings. The number of nitrogens with zero attached hydrogens (tertiary/aromatic N) is 1. The van der Waals surface area contributed by atoms with E-state index in [1.54, 1.807) is 18.0 Å². The van der Waals surface area contributed by atoms with Gasteiger partial charge in [0.1, 0.15) is 6.54 Å². The van der Waals surface area contributed by atoms with Crippen molar-refractivity contribution in [3.05, 3.63) is 23.3 Å². The van der Waals surface area contributed by atoms with E-state index in [2.05, 4.69) is 0 Å². The van der Waals surface area contributed by atoms with Gasteiger partial charge in [0.2, 0.25) is 11.6 Å². The number of rotatable bonds is 2. The predicted octanol–water partition coefficient (Wildman–Crippen LogP) is 4.99. The van der Waals surface area contributed by atoms with Crippen molar-refractivity contribution in [1.29, 1.82) is 0 Å². The molecule has 0 amide bonds. The van der Waals surface area contributed by atoms with E-state index in [-0.39, 0.29) is 4.75 Å². The van der Waals surface area contributed by atoms with Crippen molar-refractivity contribution in [1.82, 2.24) is 0 Å². The summed E-state index contributed by atoms with van der Waals surface area (Å²) in [7, 11) is 0. The van der Waals surface area contributed by atoms with Crippen molar-refractivity contribution >= 4 is 35.4 Å². The van der Waals surface area contributed by atoms with Crippen LogP contribution in [0.15, 0.2) is 4.90 Å². The molecule has 1 nitrogen and oxygen atoms in total. The van der Waals surface area contributed by atoms with Gasteiger partial charge in [-0.1, -0.05) is 0 Å². The van der Waals surface area contributed by atoms with Gasteiger partial charge in [-0.25, -0.2) is 8.78 Å². The van der Waals surface area contributed by atoms with Gasteiger partial charge in [-0.15, -0.1) is 23.5 Å². The highest BCUT2D eigenvalue weighted by Crippen LogP contribution is 2.35. The van der Waals surface area contributed by atoms with Crippen molar-refractivity contribution in [2.75, 3.05) is 18.6 Å². The minimum Gasteiger partial charge on any atom is -0.202 e. The molecular weight excluding hydrogens is 334 g/mol. The summed E-state index contributed by atoms with van der Waals surface area (Å²) >= 11 is 2.30. The highest BCUT2D eigenvalue weighted by Gasteiger charge is 2.34. The van der Waals surface area contributed by atoms with Gasteiger partial charge in [0.05, 0.1) is 9.64 Å². The molecule has 7 heteroatoms. The van der Waals surface area contributed by atoms with Crippen LogP contribution in [0.3, 0.4) is 0 Å². The molecule has 1 heterocycles. The lowest BCUT2D eigenvalue weighted by Crippen LogP contribution is -2.28. The molecule has 0 saturated carbocycles. The normalized spacial score (nSPS) is 18.6. The van der Waals surface area contributed by atoms with Crippen molar-refractivity contribution in [3.63, 3.8) is 0 Å². The van der Waals surface area contributed by atoms with Crippen LogP contribution in [-0.2, 0) is 0 Å². The summed E-state index contributed by atoms with van der Waals surface area (Å²) in [4.78, 5) is -0.626. The van der Waals surface area contributed by atoms with Gasteiger partial charge < -0.3 is 0 Å². The van der Waals surface area contributed by atoms with Crippen LogP contribution in [0.4, 0.5) is 23.2 Å². The smallest absolute Gasteiger partial charge is 0.202 e. The van der Waals surface area contributed by atoms with E-state index in [1.165, 1.54) is 10.8 Å². The Morgan fingerprint density at radius 3 is 2.18 bits per heavy atom. The van der Waals surface area contributed by atoms with Crippen molar-refractivity contribution in [2.45, 2.75) is 36.3 Å². The van der Waals surface area contributed by atoms with E-state index < -0.39 is 33.9 Å². The monoisotopic (exact) mass is 352 g/mol. The number of hydrogen-bond acceptors (Lipinski definition) is 2. The average molecular weight is 352 g/mol. The van der Waals surface area contributed by atoms with Crippen molar-refractivity contribution in [2.24, 2.45) is 0 Å². The average Bonchev–Trinajstić information content (AvgIpc) is 2.43. The Hall–Kier alpha value is -0.690. The van der Waals surface area contributed by atoms with E-state index in [4.69, 9.17) is 0 Å². The topological polar surface area (TPSA) is 3.01 Å². The minimum absolute atomic E-state index is 0.329. The molecule has 0 unspecified atom stereocenters. The molecule has 0 radical (unpaired) electrons. The molecule has 0 bridgehead atoms. The third-order valence-electron chi connectivity index (χ3n) is 3.43. The fraction of sp³-hybridized carbons (Fsp3) is 0.533. The van der Waals surface area contributed by atoms with E-state index in [0.29, 0.717) is 24.7 Å². The fourth-order valence-electron chi connectivity index (χ4n) is 2.40. The predicted molar refractivity (Wildman–Crippen MR) is 84.7 cm³/mol.